The summed E-state index contributed by atoms with van der Waals surface area (Å²) in [6.45, 7) is 7.99. The smallest absolute Gasteiger partial charge is 0.170 e. The fourth-order valence-corrected chi connectivity index (χ4v) is 4.09. The van der Waals surface area contributed by atoms with Crippen LogP contribution in [-0.2, 0) is 4.79 Å². The van der Waals surface area contributed by atoms with Crippen LogP contribution in [-0.4, -0.2) is 55.0 Å². The Labute approximate surface area is 164 Å². The molecule has 1 aromatic carbocycles. The zero-order chi connectivity index (χ0) is 19.2. The molecule has 3 rings (SSSR count). The molecule has 1 atom stereocenters. The summed E-state index contributed by atoms with van der Waals surface area (Å²) in [6.07, 6.45) is 0. The predicted molar refractivity (Wildman–Crippen MR) is 106 cm³/mol. The number of para-hydroxylation sites is 2. The maximum Gasteiger partial charge on any atom is 0.170 e. The number of Topliss-reactive ketones (excluding diaryl/α,β-unsaturated/α-hetero) is 1. The lowest BCUT2D eigenvalue weighted by Gasteiger charge is -2.36. The zero-order valence-electron chi connectivity index (χ0n) is 15.7. The summed E-state index contributed by atoms with van der Waals surface area (Å²) in [4.78, 5) is 21.3. The van der Waals surface area contributed by atoms with Crippen molar-refractivity contribution in [2.45, 2.75) is 19.8 Å². The molecule has 2 heterocycles. The molecule has 1 saturated heterocycles. The second kappa shape index (κ2) is 8.98. The van der Waals surface area contributed by atoms with E-state index in [0.717, 1.165) is 43.3 Å². The third-order valence-electron chi connectivity index (χ3n) is 4.59. The highest BCUT2D eigenvalue weighted by Gasteiger charge is 2.27. The van der Waals surface area contributed by atoms with Gasteiger partial charge < -0.3 is 9.64 Å². The molecule has 1 aliphatic heterocycles. The zero-order valence-corrected chi connectivity index (χ0v) is 16.5. The molecule has 0 saturated carbocycles. The molecule has 1 fully saturated rings. The molecule has 0 aliphatic carbocycles. The van der Waals surface area contributed by atoms with Crippen LogP contribution in [0.5, 0.6) is 5.75 Å². The minimum absolute atomic E-state index is 0.0741. The summed E-state index contributed by atoms with van der Waals surface area (Å²) in [5.41, 5.74) is 1.95. The molecule has 6 nitrogen and oxygen atoms in total. The number of piperazine rings is 1. The second-order valence-corrected chi connectivity index (χ2v) is 7.41. The highest BCUT2D eigenvalue weighted by atomic mass is 32.1. The first kappa shape index (κ1) is 19.3. The molecule has 0 N–H and O–H groups in total. The van der Waals surface area contributed by atoms with Gasteiger partial charge >= 0.3 is 0 Å². The first-order valence-corrected chi connectivity index (χ1v) is 10.0. The van der Waals surface area contributed by atoms with Gasteiger partial charge in [0.25, 0.3) is 0 Å². The lowest BCUT2D eigenvalue weighted by molar-refractivity contribution is -0.120. The topological polar surface area (TPSA) is 69.5 Å². The fourth-order valence-electron chi connectivity index (χ4n) is 3.22. The lowest BCUT2D eigenvalue weighted by atomic mass is 10.1. The third-order valence-corrected chi connectivity index (χ3v) is 5.62. The number of hydrogen-bond donors (Lipinski definition) is 0. The van der Waals surface area contributed by atoms with Crippen molar-refractivity contribution in [3.8, 4) is 11.8 Å². The van der Waals surface area contributed by atoms with Crippen LogP contribution in [0.15, 0.2) is 29.6 Å². The molecular weight excluding hydrogens is 360 g/mol. The van der Waals surface area contributed by atoms with E-state index in [9.17, 15) is 10.1 Å². The van der Waals surface area contributed by atoms with Gasteiger partial charge in [-0.1, -0.05) is 12.1 Å². The Balaban J connectivity index is 1.58. The van der Waals surface area contributed by atoms with Crippen molar-refractivity contribution in [3.05, 3.63) is 40.3 Å². The van der Waals surface area contributed by atoms with Crippen molar-refractivity contribution in [2.75, 3.05) is 44.2 Å². The molecule has 0 amide bonds. The largest absolute Gasteiger partial charge is 0.492 e. The molecular formula is C20H24N4O2S. The van der Waals surface area contributed by atoms with Crippen LogP contribution in [0.3, 0.4) is 0 Å². The number of benzene rings is 1. The number of nitriles is 1. The molecule has 1 aliphatic rings. The van der Waals surface area contributed by atoms with E-state index in [1.165, 1.54) is 11.3 Å². The van der Waals surface area contributed by atoms with E-state index in [4.69, 9.17) is 4.74 Å². The average molecular weight is 385 g/mol. The van der Waals surface area contributed by atoms with Gasteiger partial charge in [0, 0.05) is 37.3 Å². The Kier molecular flexibility index (Phi) is 6.43. The van der Waals surface area contributed by atoms with Gasteiger partial charge in [0.2, 0.25) is 0 Å². The number of anilines is 1. The van der Waals surface area contributed by atoms with Crippen LogP contribution < -0.4 is 9.64 Å². The van der Waals surface area contributed by atoms with Crippen molar-refractivity contribution in [1.29, 1.82) is 5.26 Å². The van der Waals surface area contributed by atoms with Crippen LogP contribution in [0.4, 0.5) is 5.69 Å². The molecule has 1 unspecified atom stereocenters. The Hall–Kier alpha value is -2.43. The Morgan fingerprint density at radius 3 is 2.70 bits per heavy atom. The lowest BCUT2D eigenvalue weighted by Crippen LogP contribution is -2.48. The van der Waals surface area contributed by atoms with Gasteiger partial charge in [0.15, 0.2) is 11.7 Å². The average Bonchev–Trinajstić information content (AvgIpc) is 3.10. The van der Waals surface area contributed by atoms with Crippen LogP contribution in [0, 0.1) is 18.3 Å². The van der Waals surface area contributed by atoms with Gasteiger partial charge in [0.05, 0.1) is 24.9 Å². The maximum atomic E-state index is 12.6. The highest BCUT2D eigenvalue weighted by molar-refractivity contribution is 7.09. The number of carbonyl (C=O) groups excluding carboxylic acids is 1. The first-order valence-electron chi connectivity index (χ1n) is 9.16. The molecule has 2 aromatic rings. The number of nitrogens with zero attached hydrogens (tertiary/aromatic N) is 4. The van der Waals surface area contributed by atoms with Gasteiger partial charge in [-0.2, -0.15) is 5.26 Å². The molecule has 142 valence electrons. The monoisotopic (exact) mass is 384 g/mol. The van der Waals surface area contributed by atoms with Crippen molar-refractivity contribution >= 4 is 22.8 Å². The number of aryl methyl sites for hydroxylation is 1. The molecule has 0 bridgehead atoms. The molecule has 1 aromatic heterocycles. The summed E-state index contributed by atoms with van der Waals surface area (Å²) in [6, 6.07) is 10.2. The maximum absolute atomic E-state index is 12.6. The number of thiazole rings is 1. The quantitative estimate of drug-likeness (QED) is 0.731. The molecule has 0 radical (unpaired) electrons. The fraction of sp³-hybridized carbons (Fsp3) is 0.450. The minimum Gasteiger partial charge on any atom is -0.492 e. The van der Waals surface area contributed by atoms with Crippen molar-refractivity contribution < 1.29 is 9.53 Å². The van der Waals surface area contributed by atoms with Crippen molar-refractivity contribution in [2.24, 2.45) is 0 Å². The first-order chi connectivity index (χ1) is 13.1. The summed E-state index contributed by atoms with van der Waals surface area (Å²) in [5.74, 6) is 0.0589. The van der Waals surface area contributed by atoms with E-state index in [-0.39, 0.29) is 12.3 Å². The Morgan fingerprint density at radius 2 is 2.07 bits per heavy atom. The number of carbonyl (C=O) groups is 1. The summed E-state index contributed by atoms with van der Waals surface area (Å²) in [7, 11) is 0. The normalized spacial score (nSPS) is 16.0. The van der Waals surface area contributed by atoms with Crippen LogP contribution in [0.2, 0.25) is 0 Å². The van der Waals surface area contributed by atoms with Crippen molar-refractivity contribution in [1.82, 2.24) is 9.88 Å². The van der Waals surface area contributed by atoms with Gasteiger partial charge in [-0.05, 0) is 26.0 Å². The van der Waals surface area contributed by atoms with E-state index < -0.39 is 5.92 Å². The summed E-state index contributed by atoms with van der Waals surface area (Å²) < 4.78 is 5.73. The molecule has 27 heavy (non-hydrogen) atoms. The summed E-state index contributed by atoms with van der Waals surface area (Å²) >= 11 is 1.38. The number of aromatic nitrogens is 1. The Morgan fingerprint density at radius 1 is 1.33 bits per heavy atom. The van der Waals surface area contributed by atoms with E-state index in [1.54, 1.807) is 0 Å². The van der Waals surface area contributed by atoms with Gasteiger partial charge in [0.1, 0.15) is 10.8 Å². The van der Waals surface area contributed by atoms with Crippen LogP contribution in [0.25, 0.3) is 0 Å². The second-order valence-electron chi connectivity index (χ2n) is 6.52. The van der Waals surface area contributed by atoms with E-state index in [0.29, 0.717) is 11.6 Å². The van der Waals surface area contributed by atoms with Crippen LogP contribution in [0.1, 0.15) is 23.5 Å². The Bertz CT molecular complexity index is 821. The van der Waals surface area contributed by atoms with Crippen molar-refractivity contribution in [3.63, 3.8) is 0 Å². The standard InChI is InChI=1S/C20H24N4O2S/c1-3-26-19-7-5-4-6-17(19)24-10-8-23(9-11-24)13-18(25)16(12-21)20-22-15(2)14-27-20/h4-7,14,16H,3,8-11,13H2,1-2H3. The molecule has 0 spiro atoms. The number of ether oxygens (including phenoxy) is 1. The van der Waals surface area contributed by atoms with E-state index >= 15 is 0 Å². The number of rotatable bonds is 7. The van der Waals surface area contributed by atoms with Gasteiger partial charge in [-0.25, -0.2) is 4.98 Å². The third kappa shape index (κ3) is 4.65. The van der Waals surface area contributed by atoms with Crippen LogP contribution >= 0.6 is 11.3 Å². The van der Waals surface area contributed by atoms with E-state index in [1.807, 2.05) is 37.4 Å². The minimum atomic E-state index is -0.764. The predicted octanol–water partition coefficient (Wildman–Crippen LogP) is 2.85. The van der Waals surface area contributed by atoms with E-state index in [2.05, 4.69) is 26.9 Å². The number of ketones is 1. The molecule has 7 heteroatoms. The van der Waals surface area contributed by atoms with Gasteiger partial charge in [-0.15, -0.1) is 11.3 Å². The summed E-state index contributed by atoms with van der Waals surface area (Å²) in [5, 5.41) is 11.9. The number of hydrogen-bond acceptors (Lipinski definition) is 7. The highest BCUT2D eigenvalue weighted by Crippen LogP contribution is 2.29. The SMILES string of the molecule is CCOc1ccccc1N1CCN(CC(=O)C(C#N)c2nc(C)cs2)CC1. The van der Waals surface area contributed by atoms with Gasteiger partial charge in [-0.3, -0.25) is 9.69 Å².